The van der Waals surface area contributed by atoms with Crippen molar-refractivity contribution >= 4 is 5.91 Å². The standard InChI is InChI=1S/C21H29N3O2/c1-16(20(22)18-7-5-4-6-8-18)21(25)23-15-17-9-11-19(12-10-17)26-14-13-24(2)3/h4-12,16,20H,13-15,22H2,1-3H3,(H,23,25). The van der Waals surface area contributed by atoms with E-state index in [0.717, 1.165) is 23.4 Å². The van der Waals surface area contributed by atoms with E-state index >= 15 is 0 Å². The van der Waals surface area contributed by atoms with E-state index in [9.17, 15) is 4.79 Å². The number of nitrogens with one attached hydrogen (secondary N) is 1. The van der Waals surface area contributed by atoms with E-state index < -0.39 is 0 Å². The number of nitrogens with zero attached hydrogens (tertiary/aromatic N) is 1. The van der Waals surface area contributed by atoms with Crippen molar-refractivity contribution in [2.24, 2.45) is 11.7 Å². The second kappa shape index (κ2) is 9.94. The van der Waals surface area contributed by atoms with Crippen LogP contribution < -0.4 is 15.8 Å². The highest BCUT2D eigenvalue weighted by Crippen LogP contribution is 2.19. The Balaban J connectivity index is 1.81. The summed E-state index contributed by atoms with van der Waals surface area (Å²) in [4.78, 5) is 14.5. The number of nitrogens with two attached hydrogens (primary N) is 1. The summed E-state index contributed by atoms with van der Waals surface area (Å²) in [6.07, 6.45) is 0. The maximum atomic E-state index is 12.4. The predicted molar refractivity (Wildman–Crippen MR) is 105 cm³/mol. The van der Waals surface area contributed by atoms with E-state index in [1.807, 2.05) is 75.6 Å². The van der Waals surface area contributed by atoms with E-state index in [0.29, 0.717) is 13.2 Å². The van der Waals surface area contributed by atoms with E-state index in [1.54, 1.807) is 0 Å². The van der Waals surface area contributed by atoms with E-state index in [4.69, 9.17) is 10.5 Å². The number of benzene rings is 2. The third kappa shape index (κ3) is 6.17. The molecule has 26 heavy (non-hydrogen) atoms. The molecule has 5 heteroatoms. The predicted octanol–water partition coefficient (Wildman–Crippen LogP) is 2.58. The fraction of sp³-hybridized carbons (Fsp3) is 0.381. The van der Waals surface area contributed by atoms with Gasteiger partial charge in [-0.05, 0) is 37.4 Å². The van der Waals surface area contributed by atoms with Crippen LogP contribution in [0.5, 0.6) is 5.75 Å². The van der Waals surface area contributed by atoms with Crippen LogP contribution in [0.1, 0.15) is 24.1 Å². The van der Waals surface area contributed by atoms with Gasteiger partial charge in [0, 0.05) is 19.1 Å². The minimum Gasteiger partial charge on any atom is -0.492 e. The summed E-state index contributed by atoms with van der Waals surface area (Å²) in [5, 5.41) is 2.96. The number of carbonyl (C=O) groups is 1. The average Bonchev–Trinajstić information content (AvgIpc) is 2.66. The third-order valence-electron chi connectivity index (χ3n) is 4.33. The Morgan fingerprint density at radius 1 is 1.12 bits per heavy atom. The summed E-state index contributed by atoms with van der Waals surface area (Å²) >= 11 is 0. The van der Waals surface area contributed by atoms with Crippen LogP contribution in [-0.4, -0.2) is 38.1 Å². The van der Waals surface area contributed by atoms with Gasteiger partial charge in [0.15, 0.2) is 0 Å². The van der Waals surface area contributed by atoms with Crippen molar-refractivity contribution in [3.63, 3.8) is 0 Å². The highest BCUT2D eigenvalue weighted by Gasteiger charge is 2.21. The van der Waals surface area contributed by atoms with Crippen LogP contribution in [0, 0.1) is 5.92 Å². The largest absolute Gasteiger partial charge is 0.492 e. The van der Waals surface area contributed by atoms with E-state index in [1.165, 1.54) is 0 Å². The molecule has 2 rings (SSSR count). The molecule has 3 N–H and O–H groups in total. The molecule has 2 atom stereocenters. The SMILES string of the molecule is CC(C(=O)NCc1ccc(OCCN(C)C)cc1)C(N)c1ccccc1. The number of amides is 1. The van der Waals surface area contributed by atoms with Crippen molar-refractivity contribution in [1.29, 1.82) is 0 Å². The molecule has 0 bridgehead atoms. The summed E-state index contributed by atoms with van der Waals surface area (Å²) in [5.74, 6) is 0.486. The van der Waals surface area contributed by atoms with Crippen LogP contribution in [0.3, 0.4) is 0 Å². The van der Waals surface area contributed by atoms with Gasteiger partial charge in [0.2, 0.25) is 5.91 Å². The molecule has 0 aromatic heterocycles. The molecule has 0 aliphatic rings. The molecular formula is C21H29N3O2. The second-order valence-corrected chi connectivity index (χ2v) is 6.74. The fourth-order valence-electron chi connectivity index (χ4n) is 2.53. The minimum absolute atomic E-state index is 0.0485. The highest BCUT2D eigenvalue weighted by atomic mass is 16.5. The monoisotopic (exact) mass is 355 g/mol. The number of likely N-dealkylation sites (N-methyl/N-ethyl adjacent to an activating group) is 1. The zero-order valence-electron chi connectivity index (χ0n) is 15.8. The Hall–Kier alpha value is -2.37. The van der Waals surface area contributed by atoms with Crippen LogP contribution in [0.2, 0.25) is 0 Å². The lowest BCUT2D eigenvalue weighted by Gasteiger charge is -2.20. The zero-order chi connectivity index (χ0) is 18.9. The molecule has 0 saturated heterocycles. The van der Waals surface area contributed by atoms with Crippen LogP contribution in [0.4, 0.5) is 0 Å². The Bertz CT molecular complexity index is 671. The van der Waals surface area contributed by atoms with Gasteiger partial charge in [-0.3, -0.25) is 4.79 Å². The van der Waals surface area contributed by atoms with Gasteiger partial charge in [-0.25, -0.2) is 0 Å². The van der Waals surface area contributed by atoms with E-state index in [2.05, 4.69) is 10.2 Å². The van der Waals surface area contributed by atoms with Gasteiger partial charge in [0.05, 0.1) is 5.92 Å². The molecule has 0 spiro atoms. The lowest BCUT2D eigenvalue weighted by atomic mass is 9.94. The Kier molecular flexibility index (Phi) is 7.63. The average molecular weight is 355 g/mol. The molecule has 1 amide bonds. The summed E-state index contributed by atoms with van der Waals surface area (Å²) in [6, 6.07) is 17.2. The summed E-state index contributed by atoms with van der Waals surface area (Å²) < 4.78 is 5.67. The van der Waals surface area contributed by atoms with Crippen LogP contribution in [0.15, 0.2) is 54.6 Å². The molecule has 0 radical (unpaired) electrons. The molecule has 0 heterocycles. The first-order valence-corrected chi connectivity index (χ1v) is 8.92. The van der Waals surface area contributed by atoms with Gasteiger partial charge >= 0.3 is 0 Å². The molecule has 2 unspecified atom stereocenters. The summed E-state index contributed by atoms with van der Waals surface area (Å²) in [5.41, 5.74) is 8.21. The molecule has 0 aliphatic heterocycles. The maximum absolute atomic E-state index is 12.4. The quantitative estimate of drug-likeness (QED) is 0.725. The highest BCUT2D eigenvalue weighted by molar-refractivity contribution is 5.79. The Morgan fingerprint density at radius 3 is 2.38 bits per heavy atom. The number of carbonyl (C=O) groups excluding carboxylic acids is 1. The number of hydrogen-bond donors (Lipinski definition) is 2. The lowest BCUT2D eigenvalue weighted by molar-refractivity contribution is -0.125. The van der Waals surface area contributed by atoms with Gasteiger partial charge < -0.3 is 20.7 Å². The number of hydrogen-bond acceptors (Lipinski definition) is 4. The van der Waals surface area contributed by atoms with Crippen LogP contribution in [0.25, 0.3) is 0 Å². The van der Waals surface area contributed by atoms with Gasteiger partial charge in [-0.1, -0.05) is 49.4 Å². The molecular weight excluding hydrogens is 326 g/mol. The summed E-state index contributed by atoms with van der Waals surface area (Å²) in [6.45, 7) is 3.85. The van der Waals surface area contributed by atoms with Crippen LogP contribution in [-0.2, 0) is 11.3 Å². The summed E-state index contributed by atoms with van der Waals surface area (Å²) in [7, 11) is 4.03. The molecule has 0 fully saturated rings. The van der Waals surface area contributed by atoms with Crippen molar-refractivity contribution in [1.82, 2.24) is 10.2 Å². The Morgan fingerprint density at radius 2 is 1.77 bits per heavy atom. The number of rotatable bonds is 9. The smallest absolute Gasteiger partial charge is 0.225 e. The third-order valence-corrected chi connectivity index (χ3v) is 4.33. The van der Waals surface area contributed by atoms with Gasteiger partial charge in [0.25, 0.3) is 0 Å². The second-order valence-electron chi connectivity index (χ2n) is 6.74. The normalized spacial score (nSPS) is 13.3. The van der Waals surface area contributed by atoms with E-state index in [-0.39, 0.29) is 17.9 Å². The van der Waals surface area contributed by atoms with Crippen molar-refractivity contribution < 1.29 is 9.53 Å². The molecule has 5 nitrogen and oxygen atoms in total. The number of ether oxygens (including phenoxy) is 1. The topological polar surface area (TPSA) is 67.6 Å². The van der Waals surface area contributed by atoms with Gasteiger partial charge in [-0.2, -0.15) is 0 Å². The van der Waals surface area contributed by atoms with Crippen molar-refractivity contribution in [3.05, 3.63) is 65.7 Å². The van der Waals surface area contributed by atoms with Gasteiger partial charge in [-0.15, -0.1) is 0 Å². The zero-order valence-corrected chi connectivity index (χ0v) is 15.8. The lowest BCUT2D eigenvalue weighted by Crippen LogP contribution is -2.35. The van der Waals surface area contributed by atoms with Crippen LogP contribution >= 0.6 is 0 Å². The first-order valence-electron chi connectivity index (χ1n) is 8.92. The fourth-order valence-corrected chi connectivity index (χ4v) is 2.53. The van der Waals surface area contributed by atoms with Crippen molar-refractivity contribution in [2.75, 3.05) is 27.2 Å². The molecule has 2 aromatic rings. The molecule has 0 saturated carbocycles. The van der Waals surface area contributed by atoms with Crippen molar-refractivity contribution in [3.8, 4) is 5.75 Å². The first kappa shape index (κ1) is 19.9. The Labute approximate surface area is 156 Å². The minimum atomic E-state index is -0.316. The molecule has 2 aromatic carbocycles. The molecule has 140 valence electrons. The van der Waals surface area contributed by atoms with Gasteiger partial charge in [0.1, 0.15) is 12.4 Å². The first-order chi connectivity index (χ1) is 12.5. The molecule has 0 aliphatic carbocycles. The van der Waals surface area contributed by atoms with Crippen molar-refractivity contribution in [2.45, 2.75) is 19.5 Å². The maximum Gasteiger partial charge on any atom is 0.225 e.